The van der Waals surface area contributed by atoms with Gasteiger partial charge in [0.1, 0.15) is 0 Å². The highest BCUT2D eigenvalue weighted by molar-refractivity contribution is 7.88. The van der Waals surface area contributed by atoms with Crippen LogP contribution >= 0.6 is 0 Å². The highest BCUT2D eigenvalue weighted by Gasteiger charge is 2.23. The Hall–Kier alpha value is -1.44. The molecule has 7 heteroatoms. The zero-order chi connectivity index (χ0) is 16.7. The Bertz CT molecular complexity index is 598. The van der Waals surface area contributed by atoms with Crippen molar-refractivity contribution >= 4 is 15.9 Å². The molecular weight excluding hydrogens is 314 g/mol. The molecule has 0 aliphatic carbocycles. The number of benzene rings is 1. The molecule has 2 rings (SSSR count). The lowest BCUT2D eigenvalue weighted by molar-refractivity contribution is -0.121. The number of amides is 1. The van der Waals surface area contributed by atoms with Crippen molar-refractivity contribution < 1.29 is 13.2 Å². The number of hydrogen-bond acceptors (Lipinski definition) is 4. The monoisotopic (exact) mass is 339 g/mol. The van der Waals surface area contributed by atoms with Crippen LogP contribution in [-0.4, -0.2) is 51.7 Å². The van der Waals surface area contributed by atoms with Crippen molar-refractivity contribution in [3.05, 3.63) is 35.9 Å². The van der Waals surface area contributed by atoms with Crippen molar-refractivity contribution in [3.8, 4) is 0 Å². The summed E-state index contributed by atoms with van der Waals surface area (Å²) >= 11 is 0. The molecule has 128 valence electrons. The minimum atomic E-state index is -3.25. The molecule has 0 unspecified atom stereocenters. The summed E-state index contributed by atoms with van der Waals surface area (Å²) < 4.78 is 24.3. The van der Waals surface area contributed by atoms with Gasteiger partial charge < -0.3 is 5.32 Å². The summed E-state index contributed by atoms with van der Waals surface area (Å²) in [7, 11) is -3.25. The first-order valence-electron chi connectivity index (χ1n) is 7.96. The van der Waals surface area contributed by atoms with Gasteiger partial charge in [-0.05, 0) is 31.5 Å². The SMILES string of the molecule is CS(=O)(=O)NCCC(=O)NC[C@H](c1ccccc1)N1CCCC1. The van der Waals surface area contributed by atoms with Crippen LogP contribution in [0, 0.1) is 0 Å². The number of carbonyl (C=O) groups is 1. The number of nitrogens with zero attached hydrogens (tertiary/aromatic N) is 1. The van der Waals surface area contributed by atoms with Gasteiger partial charge in [-0.1, -0.05) is 30.3 Å². The van der Waals surface area contributed by atoms with Gasteiger partial charge in [-0.15, -0.1) is 0 Å². The maximum atomic E-state index is 11.9. The molecule has 2 N–H and O–H groups in total. The number of likely N-dealkylation sites (tertiary alicyclic amines) is 1. The van der Waals surface area contributed by atoms with Crippen molar-refractivity contribution in [3.63, 3.8) is 0 Å². The van der Waals surface area contributed by atoms with E-state index in [1.807, 2.05) is 18.2 Å². The molecular formula is C16H25N3O3S. The average molecular weight is 339 g/mol. The lowest BCUT2D eigenvalue weighted by Gasteiger charge is -2.28. The van der Waals surface area contributed by atoms with Crippen LogP contribution in [0.1, 0.15) is 30.9 Å². The Morgan fingerprint density at radius 1 is 1.22 bits per heavy atom. The van der Waals surface area contributed by atoms with E-state index in [0.717, 1.165) is 19.3 Å². The predicted octanol–water partition coefficient (Wildman–Crippen LogP) is 0.879. The fourth-order valence-corrected chi connectivity index (χ4v) is 3.31. The van der Waals surface area contributed by atoms with Gasteiger partial charge in [0.05, 0.1) is 12.3 Å². The van der Waals surface area contributed by atoms with Crippen LogP contribution in [0.4, 0.5) is 0 Å². The number of rotatable bonds is 8. The van der Waals surface area contributed by atoms with E-state index < -0.39 is 10.0 Å². The van der Waals surface area contributed by atoms with Crippen LogP contribution in [0.15, 0.2) is 30.3 Å². The summed E-state index contributed by atoms with van der Waals surface area (Å²) in [6.07, 6.45) is 3.61. The van der Waals surface area contributed by atoms with E-state index in [4.69, 9.17) is 0 Å². The molecule has 1 atom stereocenters. The topological polar surface area (TPSA) is 78.5 Å². The van der Waals surface area contributed by atoms with Crippen LogP contribution in [0.5, 0.6) is 0 Å². The molecule has 1 aliphatic heterocycles. The second kappa shape index (κ2) is 8.42. The van der Waals surface area contributed by atoms with E-state index in [-0.39, 0.29) is 24.9 Å². The molecule has 1 heterocycles. The summed E-state index contributed by atoms with van der Waals surface area (Å²) in [5.41, 5.74) is 1.20. The molecule has 1 aliphatic rings. The van der Waals surface area contributed by atoms with Crippen LogP contribution in [0.25, 0.3) is 0 Å². The highest BCUT2D eigenvalue weighted by atomic mass is 32.2. The Kier molecular flexibility index (Phi) is 6.56. The Morgan fingerprint density at radius 3 is 2.48 bits per heavy atom. The molecule has 0 aromatic heterocycles. The van der Waals surface area contributed by atoms with Gasteiger partial charge in [0.2, 0.25) is 15.9 Å². The first-order chi connectivity index (χ1) is 11.0. The zero-order valence-electron chi connectivity index (χ0n) is 13.5. The van der Waals surface area contributed by atoms with E-state index in [2.05, 4.69) is 27.1 Å². The minimum absolute atomic E-state index is 0.129. The largest absolute Gasteiger partial charge is 0.354 e. The smallest absolute Gasteiger partial charge is 0.221 e. The molecule has 0 radical (unpaired) electrons. The van der Waals surface area contributed by atoms with Crippen LogP contribution in [0.2, 0.25) is 0 Å². The van der Waals surface area contributed by atoms with Crippen molar-refractivity contribution in [1.29, 1.82) is 0 Å². The van der Waals surface area contributed by atoms with Gasteiger partial charge in [-0.2, -0.15) is 0 Å². The van der Waals surface area contributed by atoms with Gasteiger partial charge in [-0.25, -0.2) is 13.1 Å². The highest BCUT2D eigenvalue weighted by Crippen LogP contribution is 2.24. The Balaban J connectivity index is 1.87. The number of hydrogen-bond donors (Lipinski definition) is 2. The third-order valence-electron chi connectivity index (χ3n) is 3.97. The number of nitrogens with one attached hydrogen (secondary N) is 2. The first kappa shape index (κ1) is 17.9. The fourth-order valence-electron chi connectivity index (χ4n) is 2.84. The van der Waals surface area contributed by atoms with Gasteiger partial charge in [0.15, 0.2) is 0 Å². The zero-order valence-corrected chi connectivity index (χ0v) is 14.3. The normalized spacial score (nSPS) is 17.1. The molecule has 0 spiro atoms. The maximum Gasteiger partial charge on any atom is 0.221 e. The van der Waals surface area contributed by atoms with Crippen LogP contribution in [-0.2, 0) is 14.8 Å². The molecule has 1 aromatic carbocycles. The lowest BCUT2D eigenvalue weighted by Crippen LogP contribution is -2.38. The maximum absolute atomic E-state index is 11.9. The van der Waals surface area contributed by atoms with E-state index in [9.17, 15) is 13.2 Å². The van der Waals surface area contributed by atoms with E-state index in [1.165, 1.54) is 18.4 Å². The quantitative estimate of drug-likeness (QED) is 0.737. The standard InChI is InChI=1S/C16H25N3O3S/c1-23(21,22)18-10-9-16(20)17-13-15(19-11-5-6-12-19)14-7-3-2-4-8-14/h2-4,7-8,15,18H,5-6,9-13H2,1H3,(H,17,20)/t15-/m1/s1. The number of carbonyl (C=O) groups excluding carboxylic acids is 1. The summed E-state index contributed by atoms with van der Waals surface area (Å²) in [6.45, 7) is 2.77. The van der Waals surface area contributed by atoms with Gasteiger partial charge >= 0.3 is 0 Å². The summed E-state index contributed by atoms with van der Waals surface area (Å²) in [5, 5.41) is 2.93. The van der Waals surface area contributed by atoms with Gasteiger partial charge in [0, 0.05) is 19.5 Å². The van der Waals surface area contributed by atoms with Crippen molar-refractivity contribution in [1.82, 2.24) is 14.9 Å². The third kappa shape index (κ3) is 6.29. The van der Waals surface area contributed by atoms with Gasteiger partial charge in [-0.3, -0.25) is 9.69 Å². The van der Waals surface area contributed by atoms with Gasteiger partial charge in [0.25, 0.3) is 0 Å². The molecule has 1 saturated heterocycles. The summed E-state index contributed by atoms with van der Waals surface area (Å²) in [4.78, 5) is 14.3. The van der Waals surface area contributed by atoms with E-state index in [1.54, 1.807) is 0 Å². The summed E-state index contributed by atoms with van der Waals surface area (Å²) in [6, 6.07) is 10.3. The minimum Gasteiger partial charge on any atom is -0.354 e. The van der Waals surface area contributed by atoms with Crippen molar-refractivity contribution in [2.45, 2.75) is 25.3 Å². The van der Waals surface area contributed by atoms with Crippen LogP contribution < -0.4 is 10.0 Å². The molecule has 0 bridgehead atoms. The second-order valence-electron chi connectivity index (χ2n) is 5.89. The number of sulfonamides is 1. The third-order valence-corrected chi connectivity index (χ3v) is 4.70. The van der Waals surface area contributed by atoms with Crippen LogP contribution in [0.3, 0.4) is 0 Å². The molecule has 1 aromatic rings. The first-order valence-corrected chi connectivity index (χ1v) is 9.85. The molecule has 1 fully saturated rings. The van der Waals surface area contributed by atoms with E-state index >= 15 is 0 Å². The second-order valence-corrected chi connectivity index (χ2v) is 7.72. The molecule has 0 saturated carbocycles. The van der Waals surface area contributed by atoms with Crippen molar-refractivity contribution in [2.24, 2.45) is 0 Å². The Labute approximate surface area is 138 Å². The Morgan fingerprint density at radius 2 is 1.87 bits per heavy atom. The average Bonchev–Trinajstić information content (AvgIpc) is 3.01. The summed E-state index contributed by atoms with van der Waals surface area (Å²) in [5.74, 6) is -0.138. The lowest BCUT2D eigenvalue weighted by atomic mass is 10.1. The predicted molar refractivity (Wildman–Crippen MR) is 90.5 cm³/mol. The fraction of sp³-hybridized carbons (Fsp3) is 0.562. The molecule has 6 nitrogen and oxygen atoms in total. The van der Waals surface area contributed by atoms with E-state index in [0.29, 0.717) is 6.54 Å². The van der Waals surface area contributed by atoms with Crippen molar-refractivity contribution in [2.75, 3.05) is 32.4 Å². The molecule has 1 amide bonds. The molecule has 23 heavy (non-hydrogen) atoms.